The molecule has 1 heterocycles. The maximum absolute atomic E-state index is 3.59. The molecule has 1 saturated heterocycles. The fraction of sp³-hybridized carbons (Fsp3) is 1.00. The Hall–Kier alpha value is 0.270. The van der Waals surface area contributed by atoms with Crippen LogP contribution >= 0.6 is 11.8 Å². The van der Waals surface area contributed by atoms with Gasteiger partial charge in [0, 0.05) is 23.9 Å². The number of nitrogens with zero attached hydrogens (tertiary/aromatic N) is 1. The smallest absolute Gasteiger partial charge is 0.0191 e. The van der Waals surface area contributed by atoms with E-state index in [4.69, 9.17) is 0 Å². The van der Waals surface area contributed by atoms with Crippen LogP contribution in [0.25, 0.3) is 0 Å². The van der Waals surface area contributed by atoms with Gasteiger partial charge in [0.05, 0.1) is 0 Å². The van der Waals surface area contributed by atoms with Crippen LogP contribution in [0, 0.1) is 5.92 Å². The van der Waals surface area contributed by atoms with Gasteiger partial charge in [-0.05, 0) is 52.5 Å². The summed E-state index contributed by atoms with van der Waals surface area (Å²) in [5.41, 5.74) is 0.246. The van der Waals surface area contributed by atoms with Crippen molar-refractivity contribution < 1.29 is 0 Å². The molecule has 0 saturated carbocycles. The summed E-state index contributed by atoms with van der Waals surface area (Å²) >= 11 is 2.10. The van der Waals surface area contributed by atoms with Gasteiger partial charge in [-0.25, -0.2) is 0 Å². The van der Waals surface area contributed by atoms with E-state index >= 15 is 0 Å². The Bertz CT molecular complexity index is 195. The second-order valence-corrected chi connectivity index (χ2v) is 7.34. The van der Waals surface area contributed by atoms with E-state index in [1.807, 2.05) is 0 Å². The second kappa shape index (κ2) is 6.27. The Balaban J connectivity index is 2.19. The molecule has 0 amide bonds. The molecule has 0 aromatic carbocycles. The summed E-state index contributed by atoms with van der Waals surface area (Å²) in [7, 11) is 2.28. The average Bonchev–Trinajstić information content (AvgIpc) is 2.66. The molecule has 1 aliphatic rings. The van der Waals surface area contributed by atoms with E-state index in [2.05, 4.69) is 56.7 Å². The van der Waals surface area contributed by atoms with Crippen LogP contribution in [0.4, 0.5) is 0 Å². The summed E-state index contributed by atoms with van der Waals surface area (Å²) in [5, 5.41) is 3.59. The van der Waals surface area contributed by atoms with Crippen molar-refractivity contribution in [3.05, 3.63) is 0 Å². The number of rotatable bonds is 5. The summed E-state index contributed by atoms with van der Waals surface area (Å²) in [4.78, 5) is 2.55. The molecule has 0 aromatic rings. The van der Waals surface area contributed by atoms with Crippen LogP contribution in [0.15, 0.2) is 0 Å². The van der Waals surface area contributed by atoms with Crippen molar-refractivity contribution in [3.63, 3.8) is 0 Å². The maximum Gasteiger partial charge on any atom is 0.0191 e. The molecule has 2 atom stereocenters. The van der Waals surface area contributed by atoms with Crippen LogP contribution in [0.3, 0.4) is 0 Å². The molecule has 3 heteroatoms. The maximum atomic E-state index is 3.59. The largest absolute Gasteiger partial charge is 0.312 e. The Kier molecular flexibility index (Phi) is 5.62. The van der Waals surface area contributed by atoms with E-state index in [-0.39, 0.29) is 5.54 Å². The number of thioether (sulfide) groups is 1. The van der Waals surface area contributed by atoms with Crippen LogP contribution in [-0.4, -0.2) is 48.1 Å². The van der Waals surface area contributed by atoms with Gasteiger partial charge in [-0.15, -0.1) is 0 Å². The first kappa shape index (κ1) is 14.3. The topological polar surface area (TPSA) is 15.3 Å². The third-order valence-corrected chi connectivity index (χ3v) is 4.25. The number of hydrogen-bond donors (Lipinski definition) is 1. The molecule has 96 valence electrons. The van der Waals surface area contributed by atoms with Crippen LogP contribution < -0.4 is 5.32 Å². The van der Waals surface area contributed by atoms with E-state index in [0.29, 0.717) is 0 Å². The molecule has 1 N–H and O–H groups in total. The second-order valence-electron chi connectivity index (χ2n) is 6.19. The SMILES string of the molecule is CC(CNC(C)(C)C)CN(C)C1CCSC1. The molecule has 2 unspecified atom stereocenters. The highest BCUT2D eigenvalue weighted by Crippen LogP contribution is 2.21. The summed E-state index contributed by atoms with van der Waals surface area (Å²) in [6.07, 6.45) is 1.38. The predicted molar refractivity (Wildman–Crippen MR) is 75.3 cm³/mol. The first-order chi connectivity index (χ1) is 7.38. The quantitative estimate of drug-likeness (QED) is 0.800. The Morgan fingerprint density at radius 3 is 2.62 bits per heavy atom. The number of nitrogens with one attached hydrogen (secondary N) is 1. The lowest BCUT2D eigenvalue weighted by atomic mass is 10.1. The zero-order valence-electron chi connectivity index (χ0n) is 11.5. The van der Waals surface area contributed by atoms with Gasteiger partial charge < -0.3 is 10.2 Å². The third-order valence-electron chi connectivity index (χ3n) is 3.11. The molecule has 0 bridgehead atoms. The fourth-order valence-corrected chi connectivity index (χ4v) is 3.35. The first-order valence-corrected chi connectivity index (χ1v) is 7.57. The van der Waals surface area contributed by atoms with Crippen molar-refractivity contribution in [2.75, 3.05) is 31.6 Å². The number of hydrogen-bond acceptors (Lipinski definition) is 3. The molecule has 1 fully saturated rings. The highest BCUT2D eigenvalue weighted by Gasteiger charge is 2.21. The van der Waals surface area contributed by atoms with Crippen LogP contribution in [0.2, 0.25) is 0 Å². The highest BCUT2D eigenvalue weighted by molar-refractivity contribution is 7.99. The minimum Gasteiger partial charge on any atom is -0.312 e. The van der Waals surface area contributed by atoms with Gasteiger partial charge in [0.1, 0.15) is 0 Å². The Morgan fingerprint density at radius 1 is 1.44 bits per heavy atom. The van der Waals surface area contributed by atoms with Crippen LogP contribution in [0.5, 0.6) is 0 Å². The zero-order chi connectivity index (χ0) is 12.2. The van der Waals surface area contributed by atoms with Crippen LogP contribution in [0.1, 0.15) is 34.1 Å². The van der Waals surface area contributed by atoms with Crippen molar-refractivity contribution in [3.8, 4) is 0 Å². The molecule has 0 aliphatic carbocycles. The molecule has 1 rings (SSSR count). The molecule has 0 aromatic heterocycles. The lowest BCUT2D eigenvalue weighted by Crippen LogP contribution is -2.42. The van der Waals surface area contributed by atoms with Gasteiger partial charge >= 0.3 is 0 Å². The Morgan fingerprint density at radius 2 is 2.12 bits per heavy atom. The van der Waals surface area contributed by atoms with Gasteiger partial charge in [-0.3, -0.25) is 0 Å². The average molecular weight is 244 g/mol. The van der Waals surface area contributed by atoms with Crippen LogP contribution in [-0.2, 0) is 0 Å². The normalized spacial score (nSPS) is 24.0. The van der Waals surface area contributed by atoms with E-state index in [1.54, 1.807) is 0 Å². The van der Waals surface area contributed by atoms with Gasteiger partial charge in [-0.2, -0.15) is 11.8 Å². The fourth-order valence-electron chi connectivity index (χ4n) is 2.06. The third kappa shape index (κ3) is 5.55. The Labute approximate surface area is 106 Å². The van der Waals surface area contributed by atoms with Gasteiger partial charge in [-0.1, -0.05) is 6.92 Å². The molecule has 0 spiro atoms. The summed E-state index contributed by atoms with van der Waals surface area (Å²) in [6, 6.07) is 0.821. The van der Waals surface area contributed by atoms with Crippen molar-refractivity contribution in [1.82, 2.24) is 10.2 Å². The standard InChI is InChI=1S/C13H28N2S/c1-11(8-14-13(2,3)4)9-15(5)12-6-7-16-10-12/h11-12,14H,6-10H2,1-5H3. The van der Waals surface area contributed by atoms with E-state index < -0.39 is 0 Å². The van der Waals surface area contributed by atoms with Crippen molar-refractivity contribution >= 4 is 11.8 Å². The van der Waals surface area contributed by atoms with E-state index in [9.17, 15) is 0 Å². The van der Waals surface area contributed by atoms with Crippen molar-refractivity contribution in [2.45, 2.75) is 45.7 Å². The van der Waals surface area contributed by atoms with Crippen molar-refractivity contribution in [2.24, 2.45) is 5.92 Å². The van der Waals surface area contributed by atoms with Crippen molar-refractivity contribution in [1.29, 1.82) is 0 Å². The van der Waals surface area contributed by atoms with Gasteiger partial charge in [0.2, 0.25) is 0 Å². The van der Waals surface area contributed by atoms with E-state index in [1.165, 1.54) is 24.5 Å². The molecule has 1 aliphatic heterocycles. The first-order valence-electron chi connectivity index (χ1n) is 6.41. The highest BCUT2D eigenvalue weighted by atomic mass is 32.2. The summed E-state index contributed by atoms with van der Waals surface area (Å²) < 4.78 is 0. The zero-order valence-corrected chi connectivity index (χ0v) is 12.4. The summed E-state index contributed by atoms with van der Waals surface area (Å²) in [5.74, 6) is 3.41. The van der Waals surface area contributed by atoms with Gasteiger partial charge in [0.15, 0.2) is 0 Å². The predicted octanol–water partition coefficient (Wildman–Crippen LogP) is 2.45. The lowest BCUT2D eigenvalue weighted by Gasteiger charge is -2.29. The molecule has 16 heavy (non-hydrogen) atoms. The summed E-state index contributed by atoms with van der Waals surface area (Å²) in [6.45, 7) is 11.4. The molecular formula is C13H28N2S. The molecule has 0 radical (unpaired) electrons. The minimum absolute atomic E-state index is 0.246. The lowest BCUT2D eigenvalue weighted by molar-refractivity contribution is 0.219. The molecular weight excluding hydrogens is 216 g/mol. The molecule has 2 nitrogen and oxygen atoms in total. The van der Waals surface area contributed by atoms with E-state index in [0.717, 1.165) is 18.5 Å². The monoisotopic (exact) mass is 244 g/mol. The minimum atomic E-state index is 0.246. The van der Waals surface area contributed by atoms with Gasteiger partial charge in [0.25, 0.3) is 0 Å².